The Hall–Kier alpha value is -3.34. The summed E-state index contributed by atoms with van der Waals surface area (Å²) in [5.74, 6) is -5.08. The Labute approximate surface area is 214 Å². The van der Waals surface area contributed by atoms with Crippen LogP contribution in [0.3, 0.4) is 0 Å². The van der Waals surface area contributed by atoms with Crippen LogP contribution in [0.1, 0.15) is 24.0 Å². The molecule has 196 valence electrons. The van der Waals surface area contributed by atoms with E-state index in [9.17, 15) is 24.9 Å². The highest BCUT2D eigenvalue weighted by Crippen LogP contribution is 2.57. The summed E-state index contributed by atoms with van der Waals surface area (Å²) >= 11 is 0. The predicted molar refractivity (Wildman–Crippen MR) is 131 cm³/mol. The Morgan fingerprint density at radius 1 is 0.919 bits per heavy atom. The molecule has 4 rings (SSSR count). The maximum absolute atomic E-state index is 13.0. The molecule has 2 heterocycles. The van der Waals surface area contributed by atoms with Gasteiger partial charge in [0.25, 0.3) is 0 Å². The van der Waals surface area contributed by atoms with Gasteiger partial charge < -0.3 is 34.3 Å². The number of hydrogen-bond acceptors (Lipinski definition) is 7. The number of allylic oxidation sites excluding steroid dienone is 1. The van der Waals surface area contributed by atoms with Crippen LogP contribution in [-0.4, -0.2) is 62.6 Å². The quantitative estimate of drug-likeness (QED) is 0.369. The molecule has 0 unspecified atom stereocenters. The summed E-state index contributed by atoms with van der Waals surface area (Å²) in [5, 5.41) is 32.2. The number of aliphatic hydroxyl groups is 1. The van der Waals surface area contributed by atoms with E-state index >= 15 is 0 Å². The normalized spacial score (nSPS) is 32.5. The number of carboxylic acids is 2. The lowest BCUT2D eigenvalue weighted by atomic mass is 9.74. The zero-order chi connectivity index (χ0) is 26.7. The lowest BCUT2D eigenvalue weighted by Crippen LogP contribution is -2.74. The number of benzene rings is 2. The molecule has 0 aromatic heterocycles. The van der Waals surface area contributed by atoms with Crippen LogP contribution in [0, 0.1) is 0 Å². The van der Waals surface area contributed by atoms with Gasteiger partial charge in [-0.3, -0.25) is 0 Å². The molecule has 0 spiro atoms. The molecular formula is C28H30O9. The summed E-state index contributed by atoms with van der Waals surface area (Å²) in [6, 6.07) is 18.1. The van der Waals surface area contributed by atoms with Crippen LogP contribution in [0.4, 0.5) is 0 Å². The van der Waals surface area contributed by atoms with E-state index in [0.717, 1.165) is 17.2 Å². The molecule has 3 N–H and O–H groups in total. The first-order chi connectivity index (χ1) is 17.7. The number of fused-ring (bicyclic) bond motifs is 2. The van der Waals surface area contributed by atoms with E-state index in [4.69, 9.17) is 18.9 Å². The van der Waals surface area contributed by atoms with Gasteiger partial charge in [0.05, 0.1) is 13.2 Å². The highest BCUT2D eigenvalue weighted by atomic mass is 16.8. The number of ether oxygens (including phenoxy) is 4. The minimum Gasteiger partial charge on any atom is -0.479 e. The van der Waals surface area contributed by atoms with E-state index in [2.05, 4.69) is 13.2 Å². The highest BCUT2D eigenvalue weighted by molar-refractivity contribution is 5.86. The second-order valence-corrected chi connectivity index (χ2v) is 9.08. The van der Waals surface area contributed by atoms with Crippen molar-refractivity contribution < 1.29 is 43.9 Å². The summed E-state index contributed by atoms with van der Waals surface area (Å²) in [6.45, 7) is 7.22. The molecule has 2 aliphatic heterocycles. The zero-order valence-electron chi connectivity index (χ0n) is 20.2. The van der Waals surface area contributed by atoms with Gasteiger partial charge in [0.2, 0.25) is 11.4 Å². The Kier molecular flexibility index (Phi) is 7.63. The summed E-state index contributed by atoms with van der Waals surface area (Å²) in [5.41, 5.74) is -3.80. The van der Waals surface area contributed by atoms with Crippen LogP contribution in [0.2, 0.25) is 0 Å². The van der Waals surface area contributed by atoms with Crippen molar-refractivity contribution in [3.63, 3.8) is 0 Å². The van der Waals surface area contributed by atoms with Gasteiger partial charge in [-0.15, -0.1) is 6.58 Å². The number of carbonyl (C=O) groups is 2. The molecule has 0 aliphatic carbocycles. The van der Waals surface area contributed by atoms with Gasteiger partial charge in [0, 0.05) is 6.42 Å². The first-order valence-corrected chi connectivity index (χ1v) is 11.9. The van der Waals surface area contributed by atoms with Crippen LogP contribution < -0.4 is 0 Å². The molecule has 6 atom stereocenters. The summed E-state index contributed by atoms with van der Waals surface area (Å²) in [7, 11) is 0. The number of aliphatic carboxylic acids is 2. The van der Waals surface area contributed by atoms with Crippen molar-refractivity contribution in [2.75, 3.05) is 0 Å². The van der Waals surface area contributed by atoms with Crippen LogP contribution in [-0.2, 0) is 41.8 Å². The number of carboxylic acid groups (broad SMARTS) is 2. The van der Waals surface area contributed by atoms with E-state index < -0.39 is 47.2 Å². The average Bonchev–Trinajstić information content (AvgIpc) is 3.16. The third kappa shape index (κ3) is 4.49. The van der Waals surface area contributed by atoms with Crippen molar-refractivity contribution >= 4 is 11.9 Å². The molecular weight excluding hydrogens is 480 g/mol. The monoisotopic (exact) mass is 510 g/mol. The van der Waals surface area contributed by atoms with Gasteiger partial charge in [-0.25, -0.2) is 9.59 Å². The van der Waals surface area contributed by atoms with Crippen molar-refractivity contribution in [2.24, 2.45) is 0 Å². The van der Waals surface area contributed by atoms with Crippen LogP contribution in [0.25, 0.3) is 0 Å². The first-order valence-electron chi connectivity index (χ1n) is 11.9. The Morgan fingerprint density at radius 2 is 1.46 bits per heavy atom. The molecule has 0 radical (unpaired) electrons. The van der Waals surface area contributed by atoms with E-state index in [0.29, 0.717) is 0 Å². The fraction of sp³-hybridized carbons (Fsp3) is 0.357. The second kappa shape index (κ2) is 10.6. The molecule has 2 aromatic rings. The fourth-order valence-corrected chi connectivity index (χ4v) is 5.05. The van der Waals surface area contributed by atoms with Crippen molar-refractivity contribution in [3.05, 3.63) is 97.1 Å². The molecule has 9 heteroatoms. The SMILES string of the molecule is C=CCC[C@]12O[C@H](C(=O)O)[C@@](O)(C=C)[C@](C(=O)O)(O1)[C@H](OCc1ccccc1)[C@H]2OCc1ccccc1. The van der Waals surface area contributed by atoms with Crippen molar-refractivity contribution in [1.82, 2.24) is 0 Å². The molecule has 9 nitrogen and oxygen atoms in total. The second-order valence-electron chi connectivity index (χ2n) is 9.08. The largest absolute Gasteiger partial charge is 0.479 e. The van der Waals surface area contributed by atoms with Crippen LogP contribution >= 0.6 is 0 Å². The fourth-order valence-electron chi connectivity index (χ4n) is 5.05. The third-order valence-corrected chi connectivity index (χ3v) is 6.85. The van der Waals surface area contributed by atoms with Gasteiger partial charge in [-0.2, -0.15) is 0 Å². The smallest absolute Gasteiger partial charge is 0.342 e. The molecule has 0 saturated carbocycles. The number of rotatable bonds is 12. The van der Waals surface area contributed by atoms with Crippen molar-refractivity contribution in [1.29, 1.82) is 0 Å². The first kappa shape index (κ1) is 26.7. The molecule has 2 saturated heterocycles. The molecule has 37 heavy (non-hydrogen) atoms. The number of hydrogen-bond donors (Lipinski definition) is 3. The summed E-state index contributed by atoms with van der Waals surface area (Å²) in [6.07, 6.45) is -2.05. The Morgan fingerprint density at radius 3 is 1.92 bits per heavy atom. The zero-order valence-corrected chi connectivity index (χ0v) is 20.2. The van der Waals surface area contributed by atoms with Crippen molar-refractivity contribution in [2.45, 2.75) is 61.4 Å². The Balaban J connectivity index is 1.85. The summed E-state index contributed by atoms with van der Waals surface area (Å²) < 4.78 is 24.5. The minimum atomic E-state index is -2.70. The molecule has 2 aliphatic rings. The molecule has 2 fully saturated rings. The highest BCUT2D eigenvalue weighted by Gasteiger charge is 2.82. The summed E-state index contributed by atoms with van der Waals surface area (Å²) in [4.78, 5) is 25.3. The van der Waals surface area contributed by atoms with E-state index in [1.54, 1.807) is 30.3 Å². The van der Waals surface area contributed by atoms with Crippen LogP contribution in [0.5, 0.6) is 0 Å². The minimum absolute atomic E-state index is 0.00713. The molecule has 2 bridgehead atoms. The maximum atomic E-state index is 13.0. The van der Waals surface area contributed by atoms with Gasteiger partial charge in [-0.05, 0) is 17.5 Å². The average molecular weight is 511 g/mol. The van der Waals surface area contributed by atoms with Gasteiger partial charge in [0.1, 0.15) is 12.2 Å². The van der Waals surface area contributed by atoms with Crippen molar-refractivity contribution in [3.8, 4) is 0 Å². The maximum Gasteiger partial charge on any atom is 0.342 e. The molecule has 2 aromatic carbocycles. The third-order valence-electron chi connectivity index (χ3n) is 6.85. The lowest BCUT2D eigenvalue weighted by Gasteiger charge is -2.50. The van der Waals surface area contributed by atoms with Gasteiger partial charge >= 0.3 is 11.9 Å². The van der Waals surface area contributed by atoms with Gasteiger partial charge in [-0.1, -0.05) is 79.4 Å². The topological polar surface area (TPSA) is 132 Å². The predicted octanol–water partition coefficient (Wildman–Crippen LogP) is 3.07. The van der Waals surface area contributed by atoms with E-state index in [1.807, 2.05) is 36.4 Å². The Bertz CT molecular complexity index is 1140. The van der Waals surface area contributed by atoms with Gasteiger partial charge in [0.15, 0.2) is 11.7 Å². The van der Waals surface area contributed by atoms with E-state index in [1.165, 1.54) is 0 Å². The van der Waals surface area contributed by atoms with Crippen LogP contribution in [0.15, 0.2) is 86.0 Å². The molecule has 0 amide bonds. The lowest BCUT2D eigenvalue weighted by molar-refractivity contribution is -0.372. The standard InChI is InChI=1S/C28H30O9/c1-3-5-16-27-21(34-17-19-12-8-6-9-13-19)22(35-18-20-14-10-7-11-15-20)28(37-27,25(31)32)26(33,4-2)23(36-27)24(29)30/h3-4,6-15,21-23,33H,1-2,5,16-18H2,(H,29,30)(H,31,32)/t21-,22-,23-,26+,27+,28+/m1/s1. The van der Waals surface area contributed by atoms with E-state index in [-0.39, 0.29) is 26.1 Å².